The molecular formula is C20H20N2O3S. The Labute approximate surface area is 157 Å². The standard InChI is InChI=1S/C20H20N2O3S/c1-13-9-18(14(2)26-13)19(23)12-25-20(24)16(11-21)10-15-5-7-17(8-6-15)22(3)4/h5-10H,12H2,1-4H3/b16-10+. The van der Waals surface area contributed by atoms with Crippen LogP contribution in [-0.4, -0.2) is 32.5 Å². The topological polar surface area (TPSA) is 70.4 Å². The van der Waals surface area contributed by atoms with Crippen LogP contribution < -0.4 is 4.90 Å². The zero-order valence-corrected chi connectivity index (χ0v) is 16.0. The van der Waals surface area contributed by atoms with Crippen LogP contribution >= 0.6 is 11.3 Å². The average Bonchev–Trinajstić information content (AvgIpc) is 2.96. The maximum Gasteiger partial charge on any atom is 0.349 e. The first kappa shape index (κ1) is 19.4. The van der Waals surface area contributed by atoms with Gasteiger partial charge < -0.3 is 9.64 Å². The van der Waals surface area contributed by atoms with E-state index in [-0.39, 0.29) is 18.0 Å². The lowest BCUT2D eigenvalue weighted by molar-refractivity contribution is -0.137. The number of hydrogen-bond donors (Lipinski definition) is 0. The lowest BCUT2D eigenvalue weighted by atomic mass is 10.1. The molecule has 1 heterocycles. The molecule has 0 aliphatic heterocycles. The van der Waals surface area contributed by atoms with E-state index in [0.717, 1.165) is 15.4 Å². The van der Waals surface area contributed by atoms with Crippen LogP contribution in [0.15, 0.2) is 35.9 Å². The molecule has 1 aromatic heterocycles. The molecule has 2 aromatic rings. The number of carbonyl (C=O) groups is 2. The highest BCUT2D eigenvalue weighted by Crippen LogP contribution is 2.21. The fraction of sp³-hybridized carbons (Fsp3) is 0.250. The van der Waals surface area contributed by atoms with Crippen molar-refractivity contribution in [1.29, 1.82) is 5.26 Å². The molecule has 0 radical (unpaired) electrons. The molecule has 0 bridgehead atoms. The van der Waals surface area contributed by atoms with Crippen molar-refractivity contribution in [2.24, 2.45) is 0 Å². The van der Waals surface area contributed by atoms with Crippen molar-refractivity contribution in [3.05, 3.63) is 56.8 Å². The summed E-state index contributed by atoms with van der Waals surface area (Å²) in [5, 5.41) is 9.22. The number of aryl methyl sites for hydroxylation is 2. The highest BCUT2D eigenvalue weighted by molar-refractivity contribution is 7.12. The predicted molar refractivity (Wildman–Crippen MR) is 103 cm³/mol. The largest absolute Gasteiger partial charge is 0.453 e. The number of rotatable bonds is 6. The monoisotopic (exact) mass is 368 g/mol. The Balaban J connectivity index is 2.05. The van der Waals surface area contributed by atoms with Crippen molar-refractivity contribution in [2.75, 3.05) is 25.6 Å². The fourth-order valence-electron chi connectivity index (χ4n) is 2.37. The Morgan fingerprint density at radius 2 is 1.88 bits per heavy atom. The minimum Gasteiger partial charge on any atom is -0.453 e. The summed E-state index contributed by atoms with van der Waals surface area (Å²) in [4.78, 5) is 28.1. The Bertz CT molecular complexity index is 887. The summed E-state index contributed by atoms with van der Waals surface area (Å²) in [6.45, 7) is 3.39. The molecule has 0 unspecified atom stereocenters. The number of esters is 1. The summed E-state index contributed by atoms with van der Waals surface area (Å²) in [5.41, 5.74) is 2.13. The molecule has 0 fully saturated rings. The number of thiophene rings is 1. The van der Waals surface area contributed by atoms with Gasteiger partial charge in [0.1, 0.15) is 11.6 Å². The molecule has 2 rings (SSSR count). The number of anilines is 1. The zero-order chi connectivity index (χ0) is 19.3. The number of hydrogen-bond acceptors (Lipinski definition) is 6. The molecule has 0 aliphatic carbocycles. The molecule has 0 saturated heterocycles. The normalized spacial score (nSPS) is 11.0. The molecule has 0 N–H and O–H groups in total. The van der Waals surface area contributed by atoms with Crippen LogP contribution in [0.5, 0.6) is 0 Å². The van der Waals surface area contributed by atoms with Crippen LogP contribution in [0.25, 0.3) is 6.08 Å². The highest BCUT2D eigenvalue weighted by atomic mass is 32.1. The molecule has 0 aliphatic rings. The maximum absolute atomic E-state index is 12.2. The van der Waals surface area contributed by atoms with Gasteiger partial charge in [0.15, 0.2) is 6.61 Å². The van der Waals surface area contributed by atoms with Gasteiger partial charge in [-0.25, -0.2) is 4.79 Å². The minimum absolute atomic E-state index is 0.145. The van der Waals surface area contributed by atoms with Crippen LogP contribution in [0.3, 0.4) is 0 Å². The van der Waals surface area contributed by atoms with E-state index in [4.69, 9.17) is 4.74 Å². The van der Waals surface area contributed by atoms with Gasteiger partial charge in [-0.2, -0.15) is 5.26 Å². The molecule has 6 heteroatoms. The number of Topliss-reactive ketones (excluding diaryl/α,β-unsaturated/α-hetero) is 1. The van der Waals surface area contributed by atoms with E-state index in [1.807, 2.05) is 63.2 Å². The molecule has 0 amide bonds. The van der Waals surface area contributed by atoms with Crippen LogP contribution in [0.1, 0.15) is 25.7 Å². The smallest absolute Gasteiger partial charge is 0.349 e. The van der Waals surface area contributed by atoms with E-state index in [1.165, 1.54) is 17.4 Å². The van der Waals surface area contributed by atoms with Crippen molar-refractivity contribution >= 4 is 34.9 Å². The van der Waals surface area contributed by atoms with E-state index in [2.05, 4.69) is 0 Å². The molecular weight excluding hydrogens is 348 g/mol. The summed E-state index contributed by atoms with van der Waals surface area (Å²) in [5.74, 6) is -1.07. The second kappa shape index (κ2) is 8.45. The fourth-order valence-corrected chi connectivity index (χ4v) is 3.31. The summed E-state index contributed by atoms with van der Waals surface area (Å²) in [7, 11) is 3.85. The lowest BCUT2D eigenvalue weighted by Gasteiger charge is -2.11. The third-order valence-electron chi connectivity index (χ3n) is 3.74. The van der Waals surface area contributed by atoms with Crippen molar-refractivity contribution in [2.45, 2.75) is 13.8 Å². The molecule has 26 heavy (non-hydrogen) atoms. The van der Waals surface area contributed by atoms with Crippen molar-refractivity contribution in [1.82, 2.24) is 0 Å². The number of ether oxygens (including phenoxy) is 1. The van der Waals surface area contributed by atoms with Crippen molar-refractivity contribution < 1.29 is 14.3 Å². The van der Waals surface area contributed by atoms with E-state index < -0.39 is 5.97 Å². The summed E-state index contributed by atoms with van der Waals surface area (Å²) >= 11 is 1.52. The van der Waals surface area contributed by atoms with Gasteiger partial charge in [0.05, 0.1) is 0 Å². The average molecular weight is 368 g/mol. The second-order valence-electron chi connectivity index (χ2n) is 5.98. The van der Waals surface area contributed by atoms with Gasteiger partial charge in [-0.15, -0.1) is 11.3 Å². The Kier molecular flexibility index (Phi) is 6.31. The van der Waals surface area contributed by atoms with Gasteiger partial charge in [0.2, 0.25) is 5.78 Å². The molecule has 0 atom stereocenters. The Morgan fingerprint density at radius 1 is 1.23 bits per heavy atom. The van der Waals surface area contributed by atoms with Crippen LogP contribution in [0.4, 0.5) is 5.69 Å². The second-order valence-corrected chi connectivity index (χ2v) is 7.44. The Morgan fingerprint density at radius 3 is 2.38 bits per heavy atom. The highest BCUT2D eigenvalue weighted by Gasteiger charge is 2.16. The van der Waals surface area contributed by atoms with Gasteiger partial charge in [-0.3, -0.25) is 4.79 Å². The lowest BCUT2D eigenvalue weighted by Crippen LogP contribution is -2.15. The molecule has 5 nitrogen and oxygen atoms in total. The van der Waals surface area contributed by atoms with Gasteiger partial charge in [0.25, 0.3) is 0 Å². The summed E-state index contributed by atoms with van der Waals surface area (Å²) in [6.07, 6.45) is 1.45. The van der Waals surface area contributed by atoms with Gasteiger partial charge in [-0.05, 0) is 43.7 Å². The van der Waals surface area contributed by atoms with Crippen LogP contribution in [0, 0.1) is 25.2 Å². The Hall–Kier alpha value is -2.91. The SMILES string of the molecule is Cc1cc(C(=O)COC(=O)/C(C#N)=C/c2ccc(N(C)C)cc2)c(C)s1. The molecule has 1 aromatic carbocycles. The van der Waals surface area contributed by atoms with Crippen LogP contribution in [-0.2, 0) is 9.53 Å². The third kappa shape index (κ3) is 4.80. The summed E-state index contributed by atoms with van der Waals surface area (Å²) < 4.78 is 5.03. The molecule has 0 saturated carbocycles. The van der Waals surface area contributed by atoms with E-state index >= 15 is 0 Å². The minimum atomic E-state index is -0.804. The third-order valence-corrected chi connectivity index (χ3v) is 4.70. The number of ketones is 1. The van der Waals surface area contributed by atoms with Gasteiger partial charge in [-0.1, -0.05) is 12.1 Å². The van der Waals surface area contributed by atoms with E-state index in [0.29, 0.717) is 11.1 Å². The molecule has 0 spiro atoms. The predicted octanol–water partition coefficient (Wildman–Crippen LogP) is 3.76. The number of carbonyl (C=O) groups excluding carboxylic acids is 2. The maximum atomic E-state index is 12.2. The van der Waals surface area contributed by atoms with Gasteiger partial charge >= 0.3 is 5.97 Å². The first-order chi connectivity index (χ1) is 12.3. The number of benzene rings is 1. The van der Waals surface area contributed by atoms with Crippen LogP contribution in [0.2, 0.25) is 0 Å². The number of nitrogens with zero attached hydrogens (tertiary/aromatic N) is 2. The summed E-state index contributed by atoms with van der Waals surface area (Å²) in [6, 6.07) is 11.0. The van der Waals surface area contributed by atoms with Crippen molar-refractivity contribution in [3.8, 4) is 6.07 Å². The van der Waals surface area contributed by atoms with Gasteiger partial charge in [0, 0.05) is 35.1 Å². The quantitative estimate of drug-likeness (QED) is 0.336. The number of nitriles is 1. The first-order valence-corrected chi connectivity index (χ1v) is 8.80. The van der Waals surface area contributed by atoms with Crippen molar-refractivity contribution in [3.63, 3.8) is 0 Å². The zero-order valence-electron chi connectivity index (χ0n) is 15.2. The molecule has 134 valence electrons. The first-order valence-electron chi connectivity index (χ1n) is 7.98. The van der Waals surface area contributed by atoms with E-state index in [1.54, 1.807) is 6.07 Å². The van der Waals surface area contributed by atoms with E-state index in [9.17, 15) is 14.9 Å².